The van der Waals surface area contributed by atoms with Gasteiger partial charge in [0.15, 0.2) is 0 Å². The number of benzene rings is 1. The zero-order valence-electron chi connectivity index (χ0n) is 10.5. The number of nitriles is 1. The second-order valence-corrected chi connectivity index (χ2v) is 6.53. The van der Waals surface area contributed by atoms with Crippen LogP contribution in [0.15, 0.2) is 18.2 Å². The third kappa shape index (κ3) is 3.88. The van der Waals surface area contributed by atoms with Gasteiger partial charge < -0.3 is 0 Å². The fourth-order valence-corrected chi connectivity index (χ4v) is 2.51. The van der Waals surface area contributed by atoms with Crippen LogP contribution in [0, 0.1) is 17.1 Å². The Balaban J connectivity index is 3.07. The lowest BCUT2D eigenvalue weighted by atomic mass is 10.2. The van der Waals surface area contributed by atoms with Crippen molar-refractivity contribution >= 4 is 21.8 Å². The summed E-state index contributed by atoms with van der Waals surface area (Å²) in [5, 5.41) is 8.91. The van der Waals surface area contributed by atoms with Crippen LogP contribution >= 0.6 is 11.6 Å². The number of nitrogens with zero attached hydrogens (tertiary/aromatic N) is 3. The number of rotatable bonds is 5. The summed E-state index contributed by atoms with van der Waals surface area (Å²) in [6.45, 7) is -0.584. The monoisotopic (exact) mass is 305 g/mol. The fraction of sp³-hybridized carbons (Fsp3) is 0.364. The van der Waals surface area contributed by atoms with Crippen LogP contribution < -0.4 is 0 Å². The SMILES string of the molecule is CN(C)S(=O)(=O)N(CC#N)Cc1ccc(Cl)cc1F. The number of hydrogen-bond donors (Lipinski definition) is 0. The van der Waals surface area contributed by atoms with Gasteiger partial charge in [-0.1, -0.05) is 17.7 Å². The van der Waals surface area contributed by atoms with Gasteiger partial charge in [0.05, 0.1) is 6.07 Å². The Labute approximate surface area is 117 Å². The highest BCUT2D eigenvalue weighted by molar-refractivity contribution is 7.86. The molecule has 0 bridgehead atoms. The Hall–Kier alpha value is -1.20. The predicted molar refractivity (Wildman–Crippen MR) is 70.0 cm³/mol. The Kier molecular flexibility index (Phi) is 5.26. The molecular weight excluding hydrogens is 293 g/mol. The molecule has 0 aromatic heterocycles. The van der Waals surface area contributed by atoms with Crippen LogP contribution in [0.3, 0.4) is 0 Å². The maximum absolute atomic E-state index is 13.6. The van der Waals surface area contributed by atoms with E-state index >= 15 is 0 Å². The van der Waals surface area contributed by atoms with Gasteiger partial charge >= 0.3 is 0 Å². The van der Waals surface area contributed by atoms with Crippen molar-refractivity contribution in [3.05, 3.63) is 34.6 Å². The lowest BCUT2D eigenvalue weighted by molar-refractivity contribution is 0.390. The minimum absolute atomic E-state index is 0.157. The van der Waals surface area contributed by atoms with E-state index in [1.54, 1.807) is 6.07 Å². The van der Waals surface area contributed by atoms with Crippen molar-refractivity contribution in [1.82, 2.24) is 8.61 Å². The van der Waals surface area contributed by atoms with E-state index in [1.165, 1.54) is 26.2 Å². The van der Waals surface area contributed by atoms with Crippen LogP contribution in [-0.4, -0.2) is 37.7 Å². The van der Waals surface area contributed by atoms with Crippen molar-refractivity contribution in [1.29, 1.82) is 5.26 Å². The molecule has 0 radical (unpaired) electrons. The third-order valence-corrected chi connectivity index (χ3v) is 4.47. The van der Waals surface area contributed by atoms with E-state index in [0.717, 1.165) is 14.7 Å². The molecule has 0 saturated heterocycles. The number of hydrogen-bond acceptors (Lipinski definition) is 3. The molecule has 1 aromatic carbocycles. The summed E-state index contributed by atoms with van der Waals surface area (Å²) >= 11 is 5.62. The van der Waals surface area contributed by atoms with Gasteiger partial charge in [0.1, 0.15) is 12.4 Å². The molecule has 0 atom stereocenters. The summed E-state index contributed by atoms with van der Waals surface area (Å²) in [4.78, 5) is 0. The predicted octanol–water partition coefficient (Wildman–Crippen LogP) is 1.61. The minimum Gasteiger partial charge on any atom is -0.207 e. The zero-order valence-corrected chi connectivity index (χ0v) is 12.0. The first-order valence-corrected chi connectivity index (χ1v) is 7.05. The largest absolute Gasteiger partial charge is 0.282 e. The van der Waals surface area contributed by atoms with E-state index in [-0.39, 0.29) is 23.7 Å². The van der Waals surface area contributed by atoms with E-state index < -0.39 is 16.0 Å². The molecule has 0 saturated carbocycles. The average molecular weight is 306 g/mol. The Bertz CT molecular complexity index is 598. The minimum atomic E-state index is -3.78. The lowest BCUT2D eigenvalue weighted by Gasteiger charge is -2.23. The lowest BCUT2D eigenvalue weighted by Crippen LogP contribution is -2.40. The molecule has 0 heterocycles. The highest BCUT2D eigenvalue weighted by Crippen LogP contribution is 2.18. The summed E-state index contributed by atoms with van der Waals surface area (Å²) in [7, 11) is -1.09. The highest BCUT2D eigenvalue weighted by Gasteiger charge is 2.25. The van der Waals surface area contributed by atoms with Crippen LogP contribution in [0.5, 0.6) is 0 Å². The highest BCUT2D eigenvalue weighted by atomic mass is 35.5. The van der Waals surface area contributed by atoms with Gasteiger partial charge in [0.2, 0.25) is 0 Å². The van der Waals surface area contributed by atoms with Crippen molar-refractivity contribution in [3.8, 4) is 6.07 Å². The molecular formula is C11H13ClFN3O2S. The van der Waals surface area contributed by atoms with E-state index in [2.05, 4.69) is 0 Å². The van der Waals surface area contributed by atoms with E-state index in [9.17, 15) is 12.8 Å². The van der Waals surface area contributed by atoms with Crippen LogP contribution in [0.4, 0.5) is 4.39 Å². The van der Waals surface area contributed by atoms with Crippen LogP contribution in [-0.2, 0) is 16.8 Å². The first-order chi connectivity index (χ1) is 8.78. The molecule has 1 rings (SSSR count). The van der Waals surface area contributed by atoms with Gasteiger partial charge in [0, 0.05) is 31.2 Å². The quantitative estimate of drug-likeness (QED) is 0.776. The molecule has 0 aliphatic rings. The molecule has 0 fully saturated rings. The average Bonchev–Trinajstić information content (AvgIpc) is 2.31. The maximum Gasteiger partial charge on any atom is 0.282 e. The molecule has 104 valence electrons. The van der Waals surface area contributed by atoms with Gasteiger partial charge in [-0.25, -0.2) is 4.39 Å². The van der Waals surface area contributed by atoms with Gasteiger partial charge in [-0.3, -0.25) is 0 Å². The van der Waals surface area contributed by atoms with Crippen LogP contribution in [0.1, 0.15) is 5.56 Å². The first kappa shape index (κ1) is 15.9. The summed E-state index contributed by atoms with van der Waals surface area (Å²) in [6.07, 6.45) is 0. The molecule has 0 aliphatic carbocycles. The molecule has 0 spiro atoms. The van der Waals surface area contributed by atoms with E-state index in [4.69, 9.17) is 16.9 Å². The fourth-order valence-electron chi connectivity index (χ4n) is 1.37. The third-order valence-electron chi connectivity index (χ3n) is 2.40. The van der Waals surface area contributed by atoms with Crippen molar-refractivity contribution in [2.24, 2.45) is 0 Å². The zero-order chi connectivity index (χ0) is 14.6. The molecule has 0 N–H and O–H groups in total. The molecule has 0 amide bonds. The Morgan fingerprint density at radius 3 is 2.53 bits per heavy atom. The van der Waals surface area contributed by atoms with Gasteiger partial charge in [-0.15, -0.1) is 0 Å². The van der Waals surface area contributed by atoms with Gasteiger partial charge in [-0.2, -0.15) is 22.3 Å². The van der Waals surface area contributed by atoms with E-state index in [0.29, 0.717) is 0 Å². The van der Waals surface area contributed by atoms with Crippen molar-refractivity contribution in [2.45, 2.75) is 6.54 Å². The standard InChI is InChI=1S/C11H13ClFN3O2S/c1-15(2)19(17,18)16(6-5-14)8-9-3-4-10(12)7-11(9)13/h3-4,7H,6,8H2,1-2H3. The molecule has 1 aromatic rings. The number of halogens is 2. The van der Waals surface area contributed by atoms with Gasteiger partial charge in [0.25, 0.3) is 10.2 Å². The molecule has 0 unspecified atom stereocenters. The van der Waals surface area contributed by atoms with Crippen molar-refractivity contribution in [2.75, 3.05) is 20.6 Å². The van der Waals surface area contributed by atoms with Crippen molar-refractivity contribution < 1.29 is 12.8 Å². The van der Waals surface area contributed by atoms with Crippen LogP contribution in [0.2, 0.25) is 5.02 Å². The second kappa shape index (κ2) is 6.30. The first-order valence-electron chi connectivity index (χ1n) is 5.27. The normalized spacial score (nSPS) is 11.8. The molecule has 8 heteroatoms. The van der Waals surface area contributed by atoms with Crippen LogP contribution in [0.25, 0.3) is 0 Å². The maximum atomic E-state index is 13.6. The molecule has 19 heavy (non-hydrogen) atoms. The summed E-state index contributed by atoms with van der Waals surface area (Å²) in [5.41, 5.74) is 0.157. The Morgan fingerprint density at radius 2 is 2.05 bits per heavy atom. The van der Waals surface area contributed by atoms with E-state index in [1.807, 2.05) is 0 Å². The topological polar surface area (TPSA) is 64.4 Å². The Morgan fingerprint density at radius 1 is 1.42 bits per heavy atom. The molecule has 5 nitrogen and oxygen atoms in total. The molecule has 0 aliphatic heterocycles. The summed E-state index contributed by atoms with van der Waals surface area (Å²) < 4.78 is 39.4. The van der Waals surface area contributed by atoms with Gasteiger partial charge in [-0.05, 0) is 12.1 Å². The second-order valence-electron chi connectivity index (χ2n) is 3.95. The smallest absolute Gasteiger partial charge is 0.207 e. The van der Waals surface area contributed by atoms with Crippen molar-refractivity contribution in [3.63, 3.8) is 0 Å². The summed E-state index contributed by atoms with van der Waals surface area (Å²) in [5.74, 6) is -0.607. The summed E-state index contributed by atoms with van der Waals surface area (Å²) in [6, 6.07) is 5.71.